The minimum absolute atomic E-state index is 0.198. The van der Waals surface area contributed by atoms with Crippen molar-refractivity contribution in [3.8, 4) is 0 Å². The Morgan fingerprint density at radius 2 is 1.70 bits per heavy atom. The fourth-order valence-electron chi connectivity index (χ4n) is 2.03. The average Bonchev–Trinajstić information content (AvgIpc) is 2.37. The molecule has 0 saturated carbocycles. The fraction of sp³-hybridized carbons (Fsp3) is 0.647. The van der Waals surface area contributed by atoms with E-state index in [-0.39, 0.29) is 5.54 Å². The van der Waals surface area contributed by atoms with Gasteiger partial charge in [-0.25, -0.2) is 0 Å². The molecule has 0 saturated heterocycles. The number of hydrogen-bond acceptors (Lipinski definition) is 3. The molecule has 1 rings (SSSR count). The molecule has 0 aromatic heterocycles. The molecule has 3 heteroatoms. The van der Waals surface area contributed by atoms with Crippen molar-refractivity contribution in [1.29, 1.82) is 0 Å². The van der Waals surface area contributed by atoms with Crippen LogP contribution in [0.3, 0.4) is 0 Å². The predicted molar refractivity (Wildman–Crippen MR) is 86.1 cm³/mol. The summed E-state index contributed by atoms with van der Waals surface area (Å²) in [6.07, 6.45) is 1.08. The summed E-state index contributed by atoms with van der Waals surface area (Å²) >= 11 is 0. The Bertz CT molecular complexity index is 368. The summed E-state index contributed by atoms with van der Waals surface area (Å²) in [6, 6.07) is 8.94. The maximum Gasteiger partial charge on any atom is 0.0589 e. The second-order valence-electron chi connectivity index (χ2n) is 6.47. The molecular formula is C17H30N2O. The van der Waals surface area contributed by atoms with E-state index in [4.69, 9.17) is 4.74 Å². The fourth-order valence-corrected chi connectivity index (χ4v) is 2.03. The second kappa shape index (κ2) is 8.40. The number of hydrogen-bond donors (Lipinski definition) is 1. The van der Waals surface area contributed by atoms with Crippen LogP contribution in [0.25, 0.3) is 0 Å². The van der Waals surface area contributed by atoms with Gasteiger partial charge in [0.05, 0.1) is 6.61 Å². The van der Waals surface area contributed by atoms with Crippen LogP contribution in [0, 0.1) is 0 Å². The first-order chi connectivity index (χ1) is 9.40. The first-order valence-corrected chi connectivity index (χ1v) is 7.41. The van der Waals surface area contributed by atoms with Crippen molar-refractivity contribution >= 4 is 0 Å². The summed E-state index contributed by atoms with van der Waals surface area (Å²) in [5.74, 6) is 0. The van der Waals surface area contributed by atoms with Gasteiger partial charge < -0.3 is 10.1 Å². The lowest BCUT2D eigenvalue weighted by Crippen LogP contribution is -2.37. The Labute approximate surface area is 124 Å². The van der Waals surface area contributed by atoms with Gasteiger partial charge in [0.15, 0.2) is 0 Å². The van der Waals surface area contributed by atoms with Gasteiger partial charge in [-0.05, 0) is 51.9 Å². The molecule has 20 heavy (non-hydrogen) atoms. The summed E-state index contributed by atoms with van der Waals surface area (Å²) in [4.78, 5) is 2.28. The minimum Gasteiger partial charge on any atom is -0.383 e. The zero-order valence-corrected chi connectivity index (χ0v) is 13.7. The van der Waals surface area contributed by atoms with Crippen molar-refractivity contribution in [3.63, 3.8) is 0 Å². The summed E-state index contributed by atoms with van der Waals surface area (Å²) in [6.45, 7) is 10.4. The molecule has 0 unspecified atom stereocenters. The summed E-state index contributed by atoms with van der Waals surface area (Å²) in [5.41, 5.74) is 2.95. The van der Waals surface area contributed by atoms with E-state index in [1.165, 1.54) is 11.1 Å². The Morgan fingerprint density at radius 3 is 2.25 bits per heavy atom. The van der Waals surface area contributed by atoms with Gasteiger partial charge in [0, 0.05) is 25.7 Å². The standard InChI is InChI=1S/C17H30N2O/c1-17(2,3)18-11-10-15-6-8-16(9-7-15)14-19(4)12-13-20-5/h6-9,18H,10-14H2,1-5H3. The van der Waals surface area contributed by atoms with Crippen LogP contribution in [0.5, 0.6) is 0 Å². The molecule has 3 nitrogen and oxygen atoms in total. The van der Waals surface area contributed by atoms with Crippen LogP contribution in [-0.2, 0) is 17.7 Å². The smallest absolute Gasteiger partial charge is 0.0589 e. The quantitative estimate of drug-likeness (QED) is 0.791. The molecule has 0 amide bonds. The lowest BCUT2D eigenvalue weighted by atomic mass is 10.1. The average molecular weight is 278 g/mol. The first-order valence-electron chi connectivity index (χ1n) is 7.41. The molecule has 0 fully saturated rings. The molecule has 1 aromatic rings. The van der Waals surface area contributed by atoms with E-state index in [1.807, 2.05) is 0 Å². The maximum atomic E-state index is 5.09. The van der Waals surface area contributed by atoms with Gasteiger partial charge in [-0.3, -0.25) is 4.90 Å². The number of likely N-dealkylation sites (N-methyl/N-ethyl adjacent to an activating group) is 1. The van der Waals surface area contributed by atoms with E-state index in [2.05, 4.69) is 62.3 Å². The SMILES string of the molecule is COCCN(C)Cc1ccc(CCNC(C)(C)C)cc1. The third-order valence-corrected chi connectivity index (χ3v) is 3.22. The van der Waals surface area contributed by atoms with Gasteiger partial charge >= 0.3 is 0 Å². The van der Waals surface area contributed by atoms with E-state index in [9.17, 15) is 0 Å². The highest BCUT2D eigenvalue weighted by Gasteiger charge is 2.07. The van der Waals surface area contributed by atoms with Crippen LogP contribution in [0.15, 0.2) is 24.3 Å². The third-order valence-electron chi connectivity index (χ3n) is 3.22. The molecule has 114 valence electrons. The number of rotatable bonds is 8. The van der Waals surface area contributed by atoms with Gasteiger partial charge in [0.1, 0.15) is 0 Å². The van der Waals surface area contributed by atoms with Crippen LogP contribution in [0.2, 0.25) is 0 Å². The first kappa shape index (κ1) is 17.2. The van der Waals surface area contributed by atoms with Crippen LogP contribution in [-0.4, -0.2) is 44.3 Å². The van der Waals surface area contributed by atoms with Crippen LogP contribution in [0.4, 0.5) is 0 Å². The largest absolute Gasteiger partial charge is 0.383 e. The van der Waals surface area contributed by atoms with Crippen molar-refractivity contribution in [2.75, 3.05) is 33.9 Å². The van der Waals surface area contributed by atoms with Crippen molar-refractivity contribution in [2.45, 2.75) is 39.3 Å². The van der Waals surface area contributed by atoms with Gasteiger partial charge in [-0.2, -0.15) is 0 Å². The second-order valence-corrected chi connectivity index (χ2v) is 6.47. The highest BCUT2D eigenvalue weighted by atomic mass is 16.5. The monoisotopic (exact) mass is 278 g/mol. The molecule has 1 aromatic carbocycles. The van der Waals surface area contributed by atoms with Crippen molar-refractivity contribution < 1.29 is 4.74 Å². The van der Waals surface area contributed by atoms with E-state index in [1.54, 1.807) is 7.11 Å². The van der Waals surface area contributed by atoms with Gasteiger partial charge in [-0.1, -0.05) is 24.3 Å². The molecule has 0 aliphatic rings. The van der Waals surface area contributed by atoms with Crippen molar-refractivity contribution in [1.82, 2.24) is 10.2 Å². The van der Waals surface area contributed by atoms with Crippen LogP contribution >= 0.6 is 0 Å². The zero-order chi connectivity index (χ0) is 15.0. The van der Waals surface area contributed by atoms with E-state index >= 15 is 0 Å². The summed E-state index contributed by atoms with van der Waals surface area (Å²) in [5, 5.41) is 3.52. The normalized spacial score (nSPS) is 12.1. The van der Waals surface area contributed by atoms with Gasteiger partial charge in [-0.15, -0.1) is 0 Å². The lowest BCUT2D eigenvalue weighted by molar-refractivity contribution is 0.158. The van der Waals surface area contributed by atoms with Gasteiger partial charge in [0.2, 0.25) is 0 Å². The molecule has 0 aliphatic heterocycles. The third kappa shape index (κ3) is 7.63. The molecule has 0 spiro atoms. The highest BCUT2D eigenvalue weighted by Crippen LogP contribution is 2.08. The summed E-state index contributed by atoms with van der Waals surface area (Å²) < 4.78 is 5.09. The Balaban J connectivity index is 2.36. The number of benzene rings is 1. The van der Waals surface area contributed by atoms with E-state index in [0.29, 0.717) is 0 Å². The molecule has 0 aliphatic carbocycles. The predicted octanol–water partition coefficient (Wildman–Crippen LogP) is 2.70. The lowest BCUT2D eigenvalue weighted by Gasteiger charge is -2.20. The van der Waals surface area contributed by atoms with Crippen molar-refractivity contribution in [3.05, 3.63) is 35.4 Å². The number of nitrogens with one attached hydrogen (secondary N) is 1. The molecule has 0 atom stereocenters. The zero-order valence-electron chi connectivity index (χ0n) is 13.7. The van der Waals surface area contributed by atoms with Crippen molar-refractivity contribution in [2.24, 2.45) is 0 Å². The summed E-state index contributed by atoms with van der Waals surface area (Å²) in [7, 11) is 3.87. The molecular weight excluding hydrogens is 248 g/mol. The van der Waals surface area contributed by atoms with E-state index in [0.717, 1.165) is 32.7 Å². The Morgan fingerprint density at radius 1 is 1.10 bits per heavy atom. The molecule has 1 N–H and O–H groups in total. The van der Waals surface area contributed by atoms with Crippen LogP contribution in [0.1, 0.15) is 31.9 Å². The topological polar surface area (TPSA) is 24.5 Å². The Kier molecular flexibility index (Phi) is 7.20. The van der Waals surface area contributed by atoms with Crippen LogP contribution < -0.4 is 5.32 Å². The molecule has 0 heterocycles. The maximum absolute atomic E-state index is 5.09. The van der Waals surface area contributed by atoms with E-state index < -0.39 is 0 Å². The minimum atomic E-state index is 0.198. The molecule has 0 radical (unpaired) electrons. The Hall–Kier alpha value is -0.900. The number of methoxy groups -OCH3 is 1. The molecule has 0 bridgehead atoms. The number of nitrogens with zero attached hydrogens (tertiary/aromatic N) is 1. The number of ether oxygens (including phenoxy) is 1. The highest BCUT2D eigenvalue weighted by molar-refractivity contribution is 5.22. The van der Waals surface area contributed by atoms with Gasteiger partial charge in [0.25, 0.3) is 0 Å².